The number of fused-ring (bicyclic) bond motifs is 1. The maximum atomic E-state index is 12.0. The first kappa shape index (κ1) is 22.6. The summed E-state index contributed by atoms with van der Waals surface area (Å²) in [5.41, 5.74) is 17.9. The standard InChI is InChI=1S/C24H25BrN8O/c25-22-20(10-26)33-24(31-23(22)15-5-8-32(9-6-15)21(34)11-27)18(14-30-33)16-3-4-19(29-13-16)17-2-1-7-28-12-17/h1-4,7,12-15H,5-6,8-11,26-27H2. The summed E-state index contributed by atoms with van der Waals surface area (Å²) in [5, 5.41) is 4.58. The summed E-state index contributed by atoms with van der Waals surface area (Å²) in [5.74, 6) is 0.198. The molecule has 0 aliphatic carbocycles. The molecular weight excluding hydrogens is 496 g/mol. The van der Waals surface area contributed by atoms with Gasteiger partial charge < -0.3 is 16.4 Å². The van der Waals surface area contributed by atoms with Gasteiger partial charge in [0.05, 0.1) is 34.3 Å². The summed E-state index contributed by atoms with van der Waals surface area (Å²) in [6.07, 6.45) is 8.82. The molecule has 0 atom stereocenters. The van der Waals surface area contributed by atoms with Crippen molar-refractivity contribution in [1.82, 2.24) is 29.5 Å². The molecule has 0 saturated carbocycles. The molecule has 5 rings (SSSR count). The number of likely N-dealkylation sites (tertiary alicyclic amines) is 1. The fraction of sp³-hybridized carbons (Fsp3) is 0.292. The average Bonchev–Trinajstić information content (AvgIpc) is 3.32. The first-order valence-electron chi connectivity index (χ1n) is 11.2. The van der Waals surface area contributed by atoms with E-state index < -0.39 is 0 Å². The lowest BCUT2D eigenvalue weighted by atomic mass is 9.92. The van der Waals surface area contributed by atoms with Crippen LogP contribution in [0, 0.1) is 0 Å². The molecule has 0 spiro atoms. The van der Waals surface area contributed by atoms with E-state index in [1.54, 1.807) is 23.1 Å². The molecular formula is C24H25BrN8O. The van der Waals surface area contributed by atoms with Gasteiger partial charge in [0.1, 0.15) is 0 Å². The zero-order chi connectivity index (χ0) is 23.7. The highest BCUT2D eigenvalue weighted by Gasteiger charge is 2.28. The Kier molecular flexibility index (Phi) is 6.36. The summed E-state index contributed by atoms with van der Waals surface area (Å²) < 4.78 is 2.68. The van der Waals surface area contributed by atoms with Crippen LogP contribution in [0.4, 0.5) is 0 Å². The third-order valence-corrected chi connectivity index (χ3v) is 7.20. The lowest BCUT2D eigenvalue weighted by Crippen LogP contribution is -2.41. The van der Waals surface area contributed by atoms with Gasteiger partial charge in [-0.05, 0) is 47.0 Å². The number of aromatic nitrogens is 5. The molecule has 174 valence electrons. The average molecular weight is 521 g/mol. The molecule has 0 aromatic carbocycles. The number of nitrogens with zero attached hydrogens (tertiary/aromatic N) is 6. The molecule has 1 amide bonds. The number of nitrogens with two attached hydrogens (primary N) is 2. The molecule has 0 radical (unpaired) electrons. The number of hydrogen-bond donors (Lipinski definition) is 2. The fourth-order valence-corrected chi connectivity index (χ4v) is 5.21. The number of pyridine rings is 2. The van der Waals surface area contributed by atoms with Crippen LogP contribution in [-0.4, -0.2) is 55.0 Å². The maximum Gasteiger partial charge on any atom is 0.236 e. The van der Waals surface area contributed by atoms with Crippen molar-refractivity contribution in [3.8, 4) is 22.4 Å². The zero-order valence-electron chi connectivity index (χ0n) is 18.6. The molecule has 1 aliphatic rings. The lowest BCUT2D eigenvalue weighted by molar-refractivity contribution is -0.130. The van der Waals surface area contributed by atoms with Crippen molar-refractivity contribution in [3.05, 3.63) is 64.9 Å². The van der Waals surface area contributed by atoms with Gasteiger partial charge in [0.2, 0.25) is 5.91 Å². The van der Waals surface area contributed by atoms with E-state index in [0.717, 1.165) is 56.7 Å². The minimum absolute atomic E-state index is 0.0103. The molecule has 4 N–H and O–H groups in total. The van der Waals surface area contributed by atoms with Gasteiger partial charge in [0, 0.05) is 60.8 Å². The van der Waals surface area contributed by atoms with E-state index in [0.29, 0.717) is 19.6 Å². The first-order chi connectivity index (χ1) is 16.6. The zero-order valence-corrected chi connectivity index (χ0v) is 20.1. The van der Waals surface area contributed by atoms with Crippen LogP contribution in [0.2, 0.25) is 0 Å². The number of carbonyl (C=O) groups excluding carboxylic acids is 1. The van der Waals surface area contributed by atoms with E-state index in [4.69, 9.17) is 16.5 Å². The summed E-state index contributed by atoms with van der Waals surface area (Å²) in [6, 6.07) is 7.87. The predicted octanol–water partition coefficient (Wildman–Crippen LogP) is 2.74. The first-order valence-corrected chi connectivity index (χ1v) is 12.0. The molecule has 10 heteroatoms. The van der Waals surface area contributed by atoms with Crippen molar-refractivity contribution in [1.29, 1.82) is 0 Å². The normalized spacial score (nSPS) is 14.6. The minimum atomic E-state index is -0.0103. The van der Waals surface area contributed by atoms with Gasteiger partial charge in [-0.3, -0.25) is 14.8 Å². The number of hydrogen-bond acceptors (Lipinski definition) is 7. The van der Waals surface area contributed by atoms with Gasteiger partial charge in [0.15, 0.2) is 5.65 Å². The second kappa shape index (κ2) is 9.57. The van der Waals surface area contributed by atoms with Gasteiger partial charge in [-0.1, -0.05) is 6.07 Å². The van der Waals surface area contributed by atoms with Crippen LogP contribution in [0.25, 0.3) is 28.0 Å². The molecule has 4 aromatic rings. The van der Waals surface area contributed by atoms with Crippen molar-refractivity contribution in [3.63, 3.8) is 0 Å². The molecule has 0 bridgehead atoms. The molecule has 5 heterocycles. The Morgan fingerprint density at radius 2 is 1.91 bits per heavy atom. The lowest BCUT2D eigenvalue weighted by Gasteiger charge is -2.32. The summed E-state index contributed by atoms with van der Waals surface area (Å²) in [7, 11) is 0. The van der Waals surface area contributed by atoms with Crippen LogP contribution in [-0.2, 0) is 11.3 Å². The van der Waals surface area contributed by atoms with Crippen LogP contribution < -0.4 is 11.5 Å². The Morgan fingerprint density at radius 3 is 2.56 bits per heavy atom. The van der Waals surface area contributed by atoms with Gasteiger partial charge >= 0.3 is 0 Å². The number of amides is 1. The van der Waals surface area contributed by atoms with E-state index in [1.807, 2.05) is 35.4 Å². The second-order valence-corrected chi connectivity index (χ2v) is 9.08. The number of carbonyl (C=O) groups is 1. The molecule has 0 unspecified atom stereocenters. The topological polar surface area (TPSA) is 128 Å². The van der Waals surface area contributed by atoms with Crippen molar-refractivity contribution >= 4 is 27.5 Å². The summed E-state index contributed by atoms with van der Waals surface area (Å²) >= 11 is 3.73. The van der Waals surface area contributed by atoms with E-state index in [1.165, 1.54) is 0 Å². The Balaban J connectivity index is 1.51. The van der Waals surface area contributed by atoms with E-state index in [2.05, 4.69) is 31.0 Å². The van der Waals surface area contributed by atoms with Crippen molar-refractivity contribution < 1.29 is 4.79 Å². The van der Waals surface area contributed by atoms with Gasteiger partial charge in [-0.15, -0.1) is 0 Å². The Bertz CT molecular complexity index is 1310. The van der Waals surface area contributed by atoms with Crippen LogP contribution in [0.15, 0.2) is 53.5 Å². The van der Waals surface area contributed by atoms with Crippen LogP contribution in [0.3, 0.4) is 0 Å². The Morgan fingerprint density at radius 1 is 1.09 bits per heavy atom. The minimum Gasteiger partial charge on any atom is -0.342 e. The highest BCUT2D eigenvalue weighted by molar-refractivity contribution is 9.10. The van der Waals surface area contributed by atoms with Gasteiger partial charge in [0.25, 0.3) is 0 Å². The van der Waals surface area contributed by atoms with E-state index in [-0.39, 0.29) is 18.4 Å². The Labute approximate surface area is 205 Å². The monoisotopic (exact) mass is 520 g/mol. The fourth-order valence-electron chi connectivity index (χ4n) is 4.47. The van der Waals surface area contributed by atoms with Gasteiger partial charge in [-0.2, -0.15) is 5.10 Å². The third kappa shape index (κ3) is 4.08. The molecule has 1 saturated heterocycles. The number of rotatable bonds is 5. The van der Waals surface area contributed by atoms with Crippen molar-refractivity contribution in [2.75, 3.05) is 19.6 Å². The number of piperidine rings is 1. The third-order valence-electron chi connectivity index (χ3n) is 6.34. The quantitative estimate of drug-likeness (QED) is 0.413. The highest BCUT2D eigenvalue weighted by atomic mass is 79.9. The summed E-state index contributed by atoms with van der Waals surface area (Å²) in [6.45, 7) is 1.70. The van der Waals surface area contributed by atoms with Crippen molar-refractivity contribution in [2.24, 2.45) is 11.5 Å². The van der Waals surface area contributed by atoms with Crippen LogP contribution in [0.5, 0.6) is 0 Å². The summed E-state index contributed by atoms with van der Waals surface area (Å²) in [4.78, 5) is 27.6. The molecule has 34 heavy (non-hydrogen) atoms. The maximum absolute atomic E-state index is 12.0. The Hall–Kier alpha value is -3.21. The van der Waals surface area contributed by atoms with Gasteiger partial charge in [-0.25, -0.2) is 9.50 Å². The predicted molar refractivity (Wildman–Crippen MR) is 133 cm³/mol. The van der Waals surface area contributed by atoms with Crippen LogP contribution in [0.1, 0.15) is 30.1 Å². The molecule has 9 nitrogen and oxygen atoms in total. The largest absolute Gasteiger partial charge is 0.342 e. The van der Waals surface area contributed by atoms with E-state index >= 15 is 0 Å². The second-order valence-electron chi connectivity index (χ2n) is 8.29. The van der Waals surface area contributed by atoms with Crippen LogP contribution >= 0.6 is 15.9 Å². The highest BCUT2D eigenvalue weighted by Crippen LogP contribution is 2.36. The molecule has 4 aromatic heterocycles. The number of halogens is 1. The molecule has 1 aliphatic heterocycles. The van der Waals surface area contributed by atoms with E-state index in [9.17, 15) is 4.79 Å². The smallest absolute Gasteiger partial charge is 0.236 e. The van der Waals surface area contributed by atoms with Crippen molar-refractivity contribution in [2.45, 2.75) is 25.3 Å². The SMILES string of the molecule is NCC(=O)N1CCC(c2nc3c(-c4ccc(-c5cccnc5)nc4)cnn3c(CN)c2Br)CC1. The molecule has 1 fully saturated rings.